The third-order valence-corrected chi connectivity index (χ3v) is 4.49. The van der Waals surface area contributed by atoms with E-state index < -0.39 is 23.7 Å². The van der Waals surface area contributed by atoms with E-state index in [1.54, 1.807) is 13.8 Å². The summed E-state index contributed by atoms with van der Waals surface area (Å²) in [7, 11) is 0. The zero-order chi connectivity index (χ0) is 18.8. The first kappa shape index (κ1) is 19.1. The SMILES string of the molecule is CC(C)(C(=O)N[C@@H]1CC[C@H](C(=O)O)C1)c1ccc(OC(F)(F)F)cc1. The number of benzene rings is 1. The van der Waals surface area contributed by atoms with Crippen LogP contribution in [-0.4, -0.2) is 29.4 Å². The molecule has 1 saturated carbocycles. The molecule has 1 aliphatic carbocycles. The van der Waals surface area contributed by atoms with Crippen LogP contribution in [0.25, 0.3) is 0 Å². The van der Waals surface area contributed by atoms with Gasteiger partial charge in [-0.1, -0.05) is 12.1 Å². The molecule has 2 rings (SSSR count). The lowest BCUT2D eigenvalue weighted by molar-refractivity contribution is -0.274. The fourth-order valence-corrected chi connectivity index (χ4v) is 2.91. The van der Waals surface area contributed by atoms with Gasteiger partial charge in [0.05, 0.1) is 11.3 Å². The van der Waals surface area contributed by atoms with Crippen LogP contribution in [0.2, 0.25) is 0 Å². The van der Waals surface area contributed by atoms with Crippen LogP contribution < -0.4 is 10.1 Å². The number of hydrogen-bond donors (Lipinski definition) is 2. The topological polar surface area (TPSA) is 75.6 Å². The molecule has 0 heterocycles. The highest BCUT2D eigenvalue weighted by atomic mass is 19.4. The summed E-state index contributed by atoms with van der Waals surface area (Å²) in [6.45, 7) is 3.32. The highest BCUT2D eigenvalue weighted by Crippen LogP contribution is 2.30. The van der Waals surface area contributed by atoms with Crippen molar-refractivity contribution in [2.45, 2.75) is 50.9 Å². The lowest BCUT2D eigenvalue weighted by Crippen LogP contribution is -2.44. The van der Waals surface area contributed by atoms with E-state index in [1.807, 2.05) is 0 Å². The Labute approximate surface area is 143 Å². The Hall–Kier alpha value is -2.25. The third-order valence-electron chi connectivity index (χ3n) is 4.49. The van der Waals surface area contributed by atoms with Crippen molar-refractivity contribution in [1.29, 1.82) is 0 Å². The molecule has 1 aromatic rings. The molecule has 0 saturated heterocycles. The number of nitrogens with one attached hydrogen (secondary N) is 1. The Morgan fingerprint density at radius 2 is 1.76 bits per heavy atom. The van der Waals surface area contributed by atoms with Crippen molar-refractivity contribution in [3.8, 4) is 5.75 Å². The molecular formula is C17H20F3NO4. The Bertz CT molecular complexity index is 640. The van der Waals surface area contributed by atoms with Gasteiger partial charge in [-0.25, -0.2) is 0 Å². The minimum absolute atomic E-state index is 0.208. The molecule has 2 atom stereocenters. The molecule has 2 N–H and O–H groups in total. The van der Waals surface area contributed by atoms with Crippen LogP contribution >= 0.6 is 0 Å². The molecule has 0 unspecified atom stereocenters. The van der Waals surface area contributed by atoms with Gasteiger partial charge < -0.3 is 15.2 Å². The average molecular weight is 359 g/mol. The van der Waals surface area contributed by atoms with Gasteiger partial charge >= 0.3 is 12.3 Å². The first-order valence-electron chi connectivity index (χ1n) is 7.89. The van der Waals surface area contributed by atoms with E-state index in [0.717, 1.165) is 12.1 Å². The molecule has 8 heteroatoms. The molecule has 0 spiro atoms. The van der Waals surface area contributed by atoms with Gasteiger partial charge in [0.25, 0.3) is 0 Å². The van der Waals surface area contributed by atoms with Gasteiger partial charge in [-0.05, 0) is 50.8 Å². The third kappa shape index (κ3) is 4.87. The smallest absolute Gasteiger partial charge is 0.481 e. The second-order valence-electron chi connectivity index (χ2n) is 6.72. The molecule has 0 bridgehead atoms. The molecule has 1 amide bonds. The number of carbonyl (C=O) groups excluding carboxylic acids is 1. The van der Waals surface area contributed by atoms with Crippen LogP contribution in [0.1, 0.15) is 38.7 Å². The summed E-state index contributed by atoms with van der Waals surface area (Å²) < 4.78 is 40.4. The maximum Gasteiger partial charge on any atom is 0.573 e. The number of carboxylic acids is 1. The minimum Gasteiger partial charge on any atom is -0.481 e. The normalized spacial score (nSPS) is 21.0. The lowest BCUT2D eigenvalue weighted by Gasteiger charge is -2.26. The van der Waals surface area contributed by atoms with Gasteiger partial charge in [-0.15, -0.1) is 13.2 Å². The molecule has 25 heavy (non-hydrogen) atoms. The number of halogens is 3. The highest BCUT2D eigenvalue weighted by molar-refractivity contribution is 5.87. The molecular weight excluding hydrogens is 339 g/mol. The first-order valence-corrected chi connectivity index (χ1v) is 7.89. The molecule has 1 aliphatic rings. The summed E-state index contributed by atoms with van der Waals surface area (Å²) in [6.07, 6.45) is -3.27. The van der Waals surface area contributed by atoms with Crippen molar-refractivity contribution in [3.05, 3.63) is 29.8 Å². The van der Waals surface area contributed by atoms with Crippen LogP contribution in [0.5, 0.6) is 5.75 Å². The fourth-order valence-electron chi connectivity index (χ4n) is 2.91. The van der Waals surface area contributed by atoms with E-state index in [1.165, 1.54) is 12.1 Å². The van der Waals surface area contributed by atoms with E-state index in [4.69, 9.17) is 5.11 Å². The maximum absolute atomic E-state index is 12.5. The van der Waals surface area contributed by atoms with E-state index in [0.29, 0.717) is 24.8 Å². The summed E-state index contributed by atoms with van der Waals surface area (Å²) in [5.74, 6) is -1.97. The van der Waals surface area contributed by atoms with Crippen molar-refractivity contribution >= 4 is 11.9 Å². The van der Waals surface area contributed by atoms with Crippen molar-refractivity contribution in [2.24, 2.45) is 5.92 Å². The molecule has 0 radical (unpaired) electrons. The highest BCUT2D eigenvalue weighted by Gasteiger charge is 2.36. The molecule has 1 fully saturated rings. The first-order chi connectivity index (χ1) is 11.5. The summed E-state index contributed by atoms with van der Waals surface area (Å²) in [4.78, 5) is 23.5. The predicted octanol–water partition coefficient (Wildman–Crippen LogP) is 3.23. The van der Waals surface area contributed by atoms with Gasteiger partial charge in [0.2, 0.25) is 5.91 Å². The Balaban J connectivity index is 2.02. The van der Waals surface area contributed by atoms with Crippen LogP contribution in [0.15, 0.2) is 24.3 Å². The van der Waals surface area contributed by atoms with Crippen LogP contribution in [0, 0.1) is 5.92 Å². The van der Waals surface area contributed by atoms with E-state index >= 15 is 0 Å². The molecule has 138 valence electrons. The van der Waals surface area contributed by atoms with Crippen molar-refractivity contribution in [1.82, 2.24) is 5.32 Å². The summed E-state index contributed by atoms with van der Waals surface area (Å²) in [6, 6.07) is 4.94. The second kappa shape index (κ2) is 6.93. The summed E-state index contributed by atoms with van der Waals surface area (Å²) >= 11 is 0. The van der Waals surface area contributed by atoms with E-state index in [-0.39, 0.29) is 17.7 Å². The molecule has 1 aromatic carbocycles. The Kier molecular flexibility index (Phi) is 5.29. The van der Waals surface area contributed by atoms with Crippen LogP contribution in [-0.2, 0) is 15.0 Å². The second-order valence-corrected chi connectivity index (χ2v) is 6.72. The number of amides is 1. The number of hydrogen-bond acceptors (Lipinski definition) is 3. The van der Waals surface area contributed by atoms with E-state index in [9.17, 15) is 22.8 Å². The number of alkyl halides is 3. The molecule has 5 nitrogen and oxygen atoms in total. The zero-order valence-electron chi connectivity index (χ0n) is 13.9. The zero-order valence-corrected chi connectivity index (χ0v) is 13.9. The summed E-state index contributed by atoms with van der Waals surface area (Å²) in [5, 5.41) is 11.8. The maximum atomic E-state index is 12.5. The minimum atomic E-state index is -4.77. The quantitative estimate of drug-likeness (QED) is 0.846. The fraction of sp³-hybridized carbons (Fsp3) is 0.529. The van der Waals surface area contributed by atoms with Crippen molar-refractivity contribution < 1.29 is 32.6 Å². The number of ether oxygens (including phenoxy) is 1. The lowest BCUT2D eigenvalue weighted by atomic mass is 9.83. The number of carboxylic acid groups (broad SMARTS) is 1. The van der Waals surface area contributed by atoms with Crippen molar-refractivity contribution in [2.75, 3.05) is 0 Å². The number of aliphatic carboxylic acids is 1. The average Bonchev–Trinajstić information content (AvgIpc) is 2.95. The van der Waals surface area contributed by atoms with E-state index in [2.05, 4.69) is 10.1 Å². The van der Waals surface area contributed by atoms with Crippen molar-refractivity contribution in [3.63, 3.8) is 0 Å². The van der Waals surface area contributed by atoms with Gasteiger partial charge in [0, 0.05) is 6.04 Å². The standard InChI is InChI=1S/C17H20F3NO4/c1-16(2,11-4-7-13(8-5-11)25-17(18,19)20)15(24)21-12-6-3-10(9-12)14(22)23/h4-5,7-8,10,12H,3,6,9H2,1-2H3,(H,21,24)(H,22,23)/t10-,12+/m0/s1. The van der Waals surface area contributed by atoms with Crippen LogP contribution in [0.4, 0.5) is 13.2 Å². The Morgan fingerprint density at radius 1 is 1.16 bits per heavy atom. The van der Waals surface area contributed by atoms with Crippen LogP contribution in [0.3, 0.4) is 0 Å². The monoisotopic (exact) mass is 359 g/mol. The molecule has 0 aromatic heterocycles. The van der Waals surface area contributed by atoms with Gasteiger partial charge in [-0.2, -0.15) is 0 Å². The van der Waals surface area contributed by atoms with Gasteiger partial charge in [-0.3, -0.25) is 9.59 Å². The molecule has 0 aliphatic heterocycles. The summed E-state index contributed by atoms with van der Waals surface area (Å²) in [5.41, 5.74) is -0.440. The number of carbonyl (C=O) groups is 2. The largest absolute Gasteiger partial charge is 0.573 e. The number of rotatable bonds is 5. The van der Waals surface area contributed by atoms with Gasteiger partial charge in [0.1, 0.15) is 5.75 Å². The van der Waals surface area contributed by atoms with Gasteiger partial charge in [0.15, 0.2) is 0 Å². The Morgan fingerprint density at radius 3 is 2.24 bits per heavy atom. The predicted molar refractivity (Wildman–Crippen MR) is 83.1 cm³/mol.